The monoisotopic (exact) mass is 277 g/mol. The Balaban J connectivity index is 2.16. The van der Waals surface area contributed by atoms with E-state index in [1.807, 2.05) is 24.3 Å². The molecule has 0 amide bonds. The molecular weight excluding hydrogens is 266 g/mol. The molecule has 0 aliphatic heterocycles. The Morgan fingerprint density at radius 3 is 2.83 bits per heavy atom. The molecule has 0 atom stereocenters. The van der Waals surface area contributed by atoms with Gasteiger partial charge in [-0.15, -0.1) is 11.8 Å². The summed E-state index contributed by atoms with van der Waals surface area (Å²) in [5.41, 5.74) is 7.30. The van der Waals surface area contributed by atoms with Gasteiger partial charge in [0, 0.05) is 33.6 Å². The van der Waals surface area contributed by atoms with Crippen LogP contribution in [-0.2, 0) is 5.75 Å². The Hall–Kier alpha value is -1.52. The van der Waals surface area contributed by atoms with Gasteiger partial charge in [-0.2, -0.15) is 0 Å². The van der Waals surface area contributed by atoms with E-state index in [1.54, 1.807) is 30.2 Å². The van der Waals surface area contributed by atoms with Crippen molar-refractivity contribution in [2.75, 3.05) is 0 Å². The topological polar surface area (TPSA) is 62.8 Å². The highest BCUT2D eigenvalue weighted by Gasteiger charge is 2.07. The van der Waals surface area contributed by atoms with Crippen molar-refractivity contribution in [3.05, 3.63) is 58.9 Å². The van der Waals surface area contributed by atoms with Crippen LogP contribution in [0.5, 0.6) is 0 Å². The molecule has 3 N–H and O–H groups in total. The number of thioether (sulfide) groups is 1. The lowest BCUT2D eigenvalue weighted by Crippen LogP contribution is -2.12. The number of nitrogens with zero attached hydrogens (tertiary/aromatic N) is 1. The van der Waals surface area contributed by atoms with Crippen LogP contribution in [0.25, 0.3) is 0 Å². The normalized spacial score (nSPS) is 10.3. The summed E-state index contributed by atoms with van der Waals surface area (Å²) in [6, 6.07) is 9.46. The summed E-state index contributed by atoms with van der Waals surface area (Å²) in [6.07, 6.45) is 3.36. The van der Waals surface area contributed by atoms with Crippen molar-refractivity contribution in [3.63, 3.8) is 0 Å². The fraction of sp³-hybridized carbons (Fsp3) is 0.0769. The highest BCUT2D eigenvalue weighted by molar-refractivity contribution is 7.98. The number of nitrogen functional groups attached to an aromatic ring is 1. The molecule has 0 unspecified atom stereocenters. The maximum atomic E-state index is 7.51. The number of nitrogens with one attached hydrogen (secondary N) is 1. The van der Waals surface area contributed by atoms with Crippen LogP contribution in [-0.4, -0.2) is 10.8 Å². The van der Waals surface area contributed by atoms with Crippen LogP contribution < -0.4 is 5.73 Å². The van der Waals surface area contributed by atoms with Crippen LogP contribution in [0.3, 0.4) is 0 Å². The molecule has 0 bridgehead atoms. The number of halogens is 1. The van der Waals surface area contributed by atoms with E-state index in [9.17, 15) is 0 Å². The Morgan fingerprint density at radius 1 is 1.33 bits per heavy atom. The van der Waals surface area contributed by atoms with Gasteiger partial charge < -0.3 is 5.73 Å². The molecule has 0 saturated carbocycles. The molecule has 1 heterocycles. The zero-order valence-corrected chi connectivity index (χ0v) is 11.1. The van der Waals surface area contributed by atoms with Gasteiger partial charge >= 0.3 is 0 Å². The molecule has 0 aliphatic rings. The molecule has 1 aromatic heterocycles. The molecular formula is C13H12ClN3S. The molecule has 0 saturated heterocycles. The van der Waals surface area contributed by atoms with E-state index in [-0.39, 0.29) is 5.84 Å². The number of rotatable bonds is 4. The molecule has 1 aromatic carbocycles. The molecule has 0 radical (unpaired) electrons. The highest BCUT2D eigenvalue weighted by Crippen LogP contribution is 2.28. The minimum absolute atomic E-state index is 0.0547. The van der Waals surface area contributed by atoms with Gasteiger partial charge in [0.15, 0.2) is 0 Å². The maximum Gasteiger partial charge on any atom is 0.124 e. The third kappa shape index (κ3) is 3.03. The number of pyridine rings is 1. The van der Waals surface area contributed by atoms with Crippen LogP contribution >= 0.6 is 23.4 Å². The van der Waals surface area contributed by atoms with Gasteiger partial charge in [0.1, 0.15) is 5.84 Å². The third-order valence-electron chi connectivity index (χ3n) is 2.42. The standard InChI is InChI=1S/C13H12ClN3S/c14-11-4-2-1-3-9(11)8-18-12-7-17-6-5-10(12)13(15)16/h1-7H,8H2,(H3,15,16). The van der Waals surface area contributed by atoms with Gasteiger partial charge in [-0.1, -0.05) is 29.8 Å². The Labute approximate surface area is 115 Å². The number of aromatic nitrogens is 1. The van der Waals surface area contributed by atoms with E-state index in [1.165, 1.54) is 0 Å². The van der Waals surface area contributed by atoms with Crippen molar-refractivity contribution in [2.45, 2.75) is 10.6 Å². The molecule has 0 fully saturated rings. The summed E-state index contributed by atoms with van der Waals surface area (Å²) in [4.78, 5) is 4.95. The van der Waals surface area contributed by atoms with Crippen molar-refractivity contribution in [3.8, 4) is 0 Å². The number of nitrogens with two attached hydrogens (primary N) is 1. The fourth-order valence-electron chi connectivity index (χ4n) is 1.49. The van der Waals surface area contributed by atoms with E-state index in [4.69, 9.17) is 22.7 Å². The first-order valence-electron chi connectivity index (χ1n) is 5.33. The van der Waals surface area contributed by atoms with Crippen molar-refractivity contribution < 1.29 is 0 Å². The molecule has 18 heavy (non-hydrogen) atoms. The molecule has 2 rings (SSSR count). The summed E-state index contributed by atoms with van der Waals surface area (Å²) in [7, 11) is 0. The number of amidine groups is 1. The van der Waals surface area contributed by atoms with E-state index < -0.39 is 0 Å². The van der Waals surface area contributed by atoms with Crippen molar-refractivity contribution in [1.82, 2.24) is 4.98 Å². The second-order valence-electron chi connectivity index (χ2n) is 3.67. The van der Waals surface area contributed by atoms with Gasteiger partial charge in [0.2, 0.25) is 0 Å². The van der Waals surface area contributed by atoms with E-state index in [0.717, 1.165) is 21.2 Å². The van der Waals surface area contributed by atoms with Crippen LogP contribution in [0, 0.1) is 5.41 Å². The Morgan fingerprint density at radius 2 is 2.11 bits per heavy atom. The third-order valence-corrected chi connectivity index (χ3v) is 3.88. The Bertz CT molecular complexity index is 572. The molecule has 2 aromatic rings. The van der Waals surface area contributed by atoms with E-state index >= 15 is 0 Å². The van der Waals surface area contributed by atoms with Gasteiger partial charge in [-0.25, -0.2) is 0 Å². The first kappa shape index (κ1) is 12.9. The number of hydrogen-bond donors (Lipinski definition) is 2. The average Bonchev–Trinajstić information content (AvgIpc) is 2.38. The largest absolute Gasteiger partial charge is 0.384 e. The summed E-state index contributed by atoms with van der Waals surface area (Å²) >= 11 is 7.67. The zero-order valence-electron chi connectivity index (χ0n) is 9.56. The lowest BCUT2D eigenvalue weighted by atomic mass is 10.2. The van der Waals surface area contributed by atoms with E-state index in [2.05, 4.69) is 4.98 Å². The lowest BCUT2D eigenvalue weighted by Gasteiger charge is -2.07. The highest BCUT2D eigenvalue weighted by atomic mass is 35.5. The second-order valence-corrected chi connectivity index (χ2v) is 5.09. The van der Waals surface area contributed by atoms with Crippen LogP contribution in [0.4, 0.5) is 0 Å². The predicted molar refractivity (Wildman–Crippen MR) is 76.3 cm³/mol. The van der Waals surface area contributed by atoms with E-state index in [0.29, 0.717) is 5.56 Å². The summed E-state index contributed by atoms with van der Waals surface area (Å²) in [5, 5.41) is 8.26. The summed E-state index contributed by atoms with van der Waals surface area (Å²) in [6.45, 7) is 0. The van der Waals surface area contributed by atoms with Gasteiger partial charge in [-0.05, 0) is 17.7 Å². The zero-order chi connectivity index (χ0) is 13.0. The molecule has 3 nitrogen and oxygen atoms in total. The first-order chi connectivity index (χ1) is 8.68. The smallest absolute Gasteiger partial charge is 0.124 e. The van der Waals surface area contributed by atoms with Crippen molar-refractivity contribution >= 4 is 29.2 Å². The van der Waals surface area contributed by atoms with Crippen molar-refractivity contribution in [2.24, 2.45) is 5.73 Å². The summed E-state index contributed by atoms with van der Waals surface area (Å²) < 4.78 is 0. The number of benzene rings is 1. The lowest BCUT2D eigenvalue weighted by molar-refractivity contribution is 1.20. The fourth-order valence-corrected chi connectivity index (χ4v) is 2.80. The molecule has 0 aliphatic carbocycles. The minimum Gasteiger partial charge on any atom is -0.384 e. The van der Waals surface area contributed by atoms with Crippen LogP contribution in [0.15, 0.2) is 47.6 Å². The second kappa shape index (κ2) is 5.89. The SMILES string of the molecule is N=C(N)c1ccncc1SCc1ccccc1Cl. The van der Waals surface area contributed by atoms with Gasteiger partial charge in [0.25, 0.3) is 0 Å². The summed E-state index contributed by atoms with van der Waals surface area (Å²) in [5.74, 6) is 0.783. The molecule has 5 heteroatoms. The minimum atomic E-state index is 0.0547. The van der Waals surface area contributed by atoms with Crippen LogP contribution in [0.1, 0.15) is 11.1 Å². The molecule has 0 spiro atoms. The van der Waals surface area contributed by atoms with Crippen LogP contribution in [0.2, 0.25) is 5.02 Å². The van der Waals surface area contributed by atoms with Gasteiger partial charge in [0.05, 0.1) is 0 Å². The quantitative estimate of drug-likeness (QED) is 0.512. The maximum absolute atomic E-state index is 7.51. The van der Waals surface area contributed by atoms with Gasteiger partial charge in [-0.3, -0.25) is 10.4 Å². The van der Waals surface area contributed by atoms with Crippen molar-refractivity contribution in [1.29, 1.82) is 5.41 Å². The predicted octanol–water partition coefficient (Wildman–Crippen LogP) is 3.31. The number of hydrogen-bond acceptors (Lipinski definition) is 3. The average molecular weight is 278 g/mol. The first-order valence-corrected chi connectivity index (χ1v) is 6.69. The Kier molecular flexibility index (Phi) is 4.23. The molecule has 92 valence electrons.